The Morgan fingerprint density at radius 3 is 2.81 bits per heavy atom. The maximum atomic E-state index is 5.14. The minimum atomic E-state index is 0.832. The number of hydrogen-bond acceptors (Lipinski definition) is 5. The number of rotatable bonds is 5. The molecule has 0 saturated heterocycles. The lowest BCUT2D eigenvalue weighted by atomic mass is 10.4. The van der Waals surface area contributed by atoms with Gasteiger partial charge in [0, 0.05) is 29.0 Å². The van der Waals surface area contributed by atoms with Gasteiger partial charge < -0.3 is 10.1 Å². The SMILES string of the molecule is COc1ccc(CNCc2ncc(C)s2)s1. The average Bonchev–Trinajstić information content (AvgIpc) is 2.88. The molecule has 0 spiro atoms. The first-order valence-corrected chi connectivity index (χ1v) is 6.66. The molecule has 0 fully saturated rings. The van der Waals surface area contributed by atoms with E-state index in [9.17, 15) is 0 Å². The zero-order chi connectivity index (χ0) is 11.4. The summed E-state index contributed by atoms with van der Waals surface area (Å²) < 4.78 is 5.14. The molecule has 0 bridgehead atoms. The molecule has 2 rings (SSSR count). The number of methoxy groups -OCH3 is 1. The molecular formula is C11H14N2OS2. The molecular weight excluding hydrogens is 240 g/mol. The van der Waals surface area contributed by atoms with Gasteiger partial charge in [-0.1, -0.05) is 0 Å². The summed E-state index contributed by atoms with van der Waals surface area (Å²) in [5, 5.41) is 5.47. The van der Waals surface area contributed by atoms with Gasteiger partial charge in [0.1, 0.15) is 5.01 Å². The summed E-state index contributed by atoms with van der Waals surface area (Å²) in [5.41, 5.74) is 0. The number of thiazole rings is 1. The van der Waals surface area contributed by atoms with Crippen LogP contribution < -0.4 is 10.1 Å². The van der Waals surface area contributed by atoms with Crippen molar-refractivity contribution in [2.45, 2.75) is 20.0 Å². The van der Waals surface area contributed by atoms with Crippen LogP contribution in [0.4, 0.5) is 0 Å². The molecule has 2 aromatic rings. The van der Waals surface area contributed by atoms with Crippen LogP contribution in [0.3, 0.4) is 0 Å². The summed E-state index contributed by atoms with van der Waals surface area (Å²) in [6, 6.07) is 4.08. The van der Waals surface area contributed by atoms with Crippen LogP contribution in [0.25, 0.3) is 0 Å². The van der Waals surface area contributed by atoms with Gasteiger partial charge in [-0.25, -0.2) is 4.98 Å². The molecule has 0 radical (unpaired) electrons. The second-order valence-corrected chi connectivity index (χ2v) is 5.84. The molecule has 1 N–H and O–H groups in total. The van der Waals surface area contributed by atoms with Crippen LogP contribution in [0, 0.1) is 6.92 Å². The second kappa shape index (κ2) is 5.43. The van der Waals surface area contributed by atoms with Gasteiger partial charge in [0.05, 0.1) is 7.11 Å². The highest BCUT2D eigenvalue weighted by molar-refractivity contribution is 7.13. The van der Waals surface area contributed by atoms with Crippen LogP contribution in [0.2, 0.25) is 0 Å². The maximum absolute atomic E-state index is 5.14. The monoisotopic (exact) mass is 254 g/mol. The van der Waals surface area contributed by atoms with Crippen molar-refractivity contribution in [2.24, 2.45) is 0 Å². The number of aromatic nitrogens is 1. The van der Waals surface area contributed by atoms with E-state index in [-0.39, 0.29) is 0 Å². The largest absolute Gasteiger partial charge is 0.487 e. The molecule has 86 valence electrons. The van der Waals surface area contributed by atoms with Gasteiger partial charge in [-0.15, -0.1) is 22.7 Å². The molecule has 5 heteroatoms. The Hall–Kier alpha value is -0.910. The molecule has 2 heterocycles. The molecule has 0 saturated carbocycles. The number of aryl methyl sites for hydroxylation is 1. The summed E-state index contributed by atoms with van der Waals surface area (Å²) in [4.78, 5) is 6.84. The van der Waals surface area contributed by atoms with Crippen LogP contribution in [0.1, 0.15) is 14.8 Å². The van der Waals surface area contributed by atoms with E-state index in [1.807, 2.05) is 12.3 Å². The van der Waals surface area contributed by atoms with Gasteiger partial charge in [0.25, 0.3) is 0 Å². The van der Waals surface area contributed by atoms with E-state index in [0.29, 0.717) is 0 Å². The summed E-state index contributed by atoms with van der Waals surface area (Å²) in [6.45, 7) is 3.77. The predicted octanol–water partition coefficient (Wildman–Crippen LogP) is 2.81. The minimum absolute atomic E-state index is 0.832. The van der Waals surface area contributed by atoms with Crippen molar-refractivity contribution in [3.8, 4) is 5.06 Å². The zero-order valence-electron chi connectivity index (χ0n) is 9.32. The third kappa shape index (κ3) is 3.04. The number of nitrogens with zero attached hydrogens (tertiary/aromatic N) is 1. The van der Waals surface area contributed by atoms with Crippen molar-refractivity contribution in [1.82, 2.24) is 10.3 Å². The van der Waals surface area contributed by atoms with Crippen molar-refractivity contribution < 1.29 is 4.74 Å². The summed E-state index contributed by atoms with van der Waals surface area (Å²) in [5.74, 6) is 0. The fraction of sp³-hybridized carbons (Fsp3) is 0.364. The van der Waals surface area contributed by atoms with Crippen LogP contribution in [-0.2, 0) is 13.1 Å². The maximum Gasteiger partial charge on any atom is 0.173 e. The van der Waals surface area contributed by atoms with E-state index in [1.165, 1.54) is 9.75 Å². The molecule has 0 aromatic carbocycles. The zero-order valence-corrected chi connectivity index (χ0v) is 11.0. The van der Waals surface area contributed by atoms with Crippen molar-refractivity contribution in [3.05, 3.63) is 33.1 Å². The predicted molar refractivity (Wildman–Crippen MR) is 68.3 cm³/mol. The highest BCUT2D eigenvalue weighted by Gasteiger charge is 2.01. The normalized spacial score (nSPS) is 10.6. The van der Waals surface area contributed by atoms with E-state index in [4.69, 9.17) is 4.74 Å². The first-order chi connectivity index (χ1) is 7.78. The number of nitrogens with one attached hydrogen (secondary N) is 1. The van der Waals surface area contributed by atoms with Gasteiger partial charge in [-0.2, -0.15) is 0 Å². The van der Waals surface area contributed by atoms with Crippen LogP contribution in [-0.4, -0.2) is 12.1 Å². The lowest BCUT2D eigenvalue weighted by Gasteiger charge is -1.99. The lowest BCUT2D eigenvalue weighted by molar-refractivity contribution is 0.427. The number of ether oxygens (including phenoxy) is 1. The fourth-order valence-electron chi connectivity index (χ4n) is 1.34. The Bertz CT molecular complexity index is 450. The topological polar surface area (TPSA) is 34.1 Å². The van der Waals surface area contributed by atoms with Crippen molar-refractivity contribution in [3.63, 3.8) is 0 Å². The van der Waals surface area contributed by atoms with Crippen LogP contribution in [0.15, 0.2) is 18.3 Å². The first-order valence-electron chi connectivity index (χ1n) is 5.02. The fourth-order valence-corrected chi connectivity index (χ4v) is 2.88. The van der Waals surface area contributed by atoms with E-state index in [1.54, 1.807) is 29.8 Å². The molecule has 0 atom stereocenters. The third-order valence-electron chi connectivity index (χ3n) is 2.08. The van der Waals surface area contributed by atoms with Gasteiger partial charge in [0.2, 0.25) is 0 Å². The number of hydrogen-bond donors (Lipinski definition) is 1. The highest BCUT2D eigenvalue weighted by Crippen LogP contribution is 2.23. The van der Waals surface area contributed by atoms with E-state index in [2.05, 4.69) is 23.3 Å². The average molecular weight is 254 g/mol. The molecule has 3 nitrogen and oxygen atoms in total. The summed E-state index contributed by atoms with van der Waals surface area (Å²) in [7, 11) is 1.70. The van der Waals surface area contributed by atoms with Gasteiger partial charge >= 0.3 is 0 Å². The van der Waals surface area contributed by atoms with Crippen molar-refractivity contribution in [1.29, 1.82) is 0 Å². The Morgan fingerprint density at radius 2 is 2.19 bits per heavy atom. The molecule has 0 unspecified atom stereocenters. The molecule has 2 aromatic heterocycles. The Kier molecular flexibility index (Phi) is 3.93. The quantitative estimate of drug-likeness (QED) is 0.891. The standard InChI is InChI=1S/C11H14N2OS2/c1-8-5-13-10(15-8)7-12-6-9-3-4-11(14-2)16-9/h3-5,12H,6-7H2,1-2H3. The van der Waals surface area contributed by atoms with E-state index in [0.717, 1.165) is 23.2 Å². The smallest absolute Gasteiger partial charge is 0.173 e. The van der Waals surface area contributed by atoms with Crippen LogP contribution in [0.5, 0.6) is 5.06 Å². The van der Waals surface area contributed by atoms with Crippen LogP contribution >= 0.6 is 22.7 Å². The van der Waals surface area contributed by atoms with Gasteiger partial charge in [0.15, 0.2) is 5.06 Å². The summed E-state index contributed by atoms with van der Waals surface area (Å²) in [6.07, 6.45) is 1.91. The van der Waals surface area contributed by atoms with Gasteiger partial charge in [-0.05, 0) is 19.1 Å². The number of thiophene rings is 1. The lowest BCUT2D eigenvalue weighted by Crippen LogP contribution is -2.11. The Labute approximate surface area is 103 Å². The third-order valence-corrected chi connectivity index (χ3v) is 4.04. The van der Waals surface area contributed by atoms with Crippen molar-refractivity contribution in [2.75, 3.05) is 7.11 Å². The summed E-state index contributed by atoms with van der Waals surface area (Å²) >= 11 is 3.41. The molecule has 16 heavy (non-hydrogen) atoms. The second-order valence-electron chi connectivity index (χ2n) is 3.39. The Morgan fingerprint density at radius 1 is 1.31 bits per heavy atom. The van der Waals surface area contributed by atoms with E-state index < -0.39 is 0 Å². The first kappa shape index (κ1) is 11.6. The minimum Gasteiger partial charge on any atom is -0.487 e. The molecule has 0 aliphatic carbocycles. The molecule has 0 amide bonds. The van der Waals surface area contributed by atoms with E-state index >= 15 is 0 Å². The Balaban J connectivity index is 1.79. The highest BCUT2D eigenvalue weighted by atomic mass is 32.1. The van der Waals surface area contributed by atoms with Crippen molar-refractivity contribution >= 4 is 22.7 Å². The molecule has 0 aliphatic heterocycles. The van der Waals surface area contributed by atoms with Gasteiger partial charge in [-0.3, -0.25) is 0 Å². The molecule has 0 aliphatic rings.